The Morgan fingerprint density at radius 3 is 2.26 bits per heavy atom. The van der Waals surface area contributed by atoms with Crippen molar-refractivity contribution in [3.8, 4) is 0 Å². The Morgan fingerprint density at radius 1 is 1.00 bits per heavy atom. The van der Waals surface area contributed by atoms with Crippen LogP contribution in [0.2, 0.25) is 0 Å². The molecule has 0 unspecified atom stereocenters. The summed E-state index contributed by atoms with van der Waals surface area (Å²) in [7, 11) is -0.408. The van der Waals surface area contributed by atoms with Gasteiger partial charge in [-0.3, -0.25) is 0 Å². The van der Waals surface area contributed by atoms with Gasteiger partial charge in [0.25, 0.3) is 0 Å². The van der Waals surface area contributed by atoms with Gasteiger partial charge in [-0.25, -0.2) is 4.98 Å². The first-order chi connectivity index (χ1) is 12.6. The fourth-order valence-electron chi connectivity index (χ4n) is 3.65. The lowest BCUT2D eigenvalue weighted by atomic mass is 9.76. The third kappa shape index (κ3) is 2.90. The summed E-state index contributed by atoms with van der Waals surface area (Å²) >= 11 is 0. The standard InChI is InChI=1S/C22H27BN2O2/c1-20(2,15-10-8-7-9-11-15)18-14-25-19-17(18)12-16(13-24-19)23-26-21(3,4)22(5,6)27-23/h7-14H,1-6H3,(H,24,25). The molecule has 1 aliphatic rings. The van der Waals surface area contributed by atoms with Crippen molar-refractivity contribution in [3.05, 3.63) is 59.9 Å². The van der Waals surface area contributed by atoms with E-state index in [0.29, 0.717) is 0 Å². The Kier molecular flexibility index (Phi) is 4.02. The number of nitrogens with one attached hydrogen (secondary N) is 1. The molecule has 1 N–H and O–H groups in total. The third-order valence-electron chi connectivity index (χ3n) is 6.25. The summed E-state index contributed by atoms with van der Waals surface area (Å²) in [6.07, 6.45) is 3.92. The zero-order valence-corrected chi connectivity index (χ0v) is 17.0. The number of rotatable bonds is 3. The van der Waals surface area contributed by atoms with E-state index in [1.165, 1.54) is 11.1 Å². The van der Waals surface area contributed by atoms with E-state index in [0.717, 1.165) is 16.5 Å². The van der Waals surface area contributed by atoms with Crippen molar-refractivity contribution in [1.29, 1.82) is 0 Å². The van der Waals surface area contributed by atoms with Gasteiger partial charge in [0.15, 0.2) is 0 Å². The second-order valence-corrected chi connectivity index (χ2v) is 8.95. The summed E-state index contributed by atoms with van der Waals surface area (Å²) in [6.45, 7) is 12.8. The molecule has 5 heteroatoms. The van der Waals surface area contributed by atoms with Crippen molar-refractivity contribution >= 4 is 23.6 Å². The van der Waals surface area contributed by atoms with Gasteiger partial charge in [-0.15, -0.1) is 0 Å². The number of benzene rings is 1. The first-order valence-corrected chi connectivity index (χ1v) is 9.50. The average Bonchev–Trinajstić information content (AvgIpc) is 3.13. The smallest absolute Gasteiger partial charge is 0.399 e. The van der Waals surface area contributed by atoms with Gasteiger partial charge >= 0.3 is 7.12 Å². The molecule has 0 aliphatic carbocycles. The molecule has 1 saturated heterocycles. The minimum Gasteiger partial charge on any atom is -0.399 e. The molecule has 1 aromatic carbocycles. The number of H-pyrrole nitrogens is 1. The fraction of sp³-hybridized carbons (Fsp3) is 0.409. The maximum absolute atomic E-state index is 6.21. The summed E-state index contributed by atoms with van der Waals surface area (Å²) < 4.78 is 12.4. The molecule has 140 valence electrons. The molecule has 4 rings (SSSR count). The van der Waals surface area contributed by atoms with Crippen LogP contribution in [0.4, 0.5) is 0 Å². The predicted octanol–water partition coefficient (Wildman–Crippen LogP) is 4.19. The zero-order valence-electron chi connectivity index (χ0n) is 17.0. The van der Waals surface area contributed by atoms with Crippen molar-refractivity contribution in [2.24, 2.45) is 0 Å². The summed E-state index contributed by atoms with van der Waals surface area (Å²) in [5.41, 5.74) is 3.45. The second-order valence-electron chi connectivity index (χ2n) is 8.95. The lowest BCUT2D eigenvalue weighted by molar-refractivity contribution is 0.00578. The summed E-state index contributed by atoms with van der Waals surface area (Å²) in [5.74, 6) is 0. The van der Waals surface area contributed by atoms with E-state index >= 15 is 0 Å². The van der Waals surface area contributed by atoms with Gasteiger partial charge in [0.2, 0.25) is 0 Å². The molecule has 0 amide bonds. The minimum absolute atomic E-state index is 0.143. The lowest BCUT2D eigenvalue weighted by Crippen LogP contribution is -2.41. The largest absolute Gasteiger partial charge is 0.496 e. The molecule has 2 aromatic heterocycles. The van der Waals surface area contributed by atoms with E-state index in [2.05, 4.69) is 88.0 Å². The van der Waals surface area contributed by atoms with Crippen LogP contribution in [0.5, 0.6) is 0 Å². The van der Waals surface area contributed by atoms with Crippen LogP contribution in [-0.2, 0) is 14.7 Å². The van der Waals surface area contributed by atoms with Gasteiger partial charge in [0, 0.05) is 28.7 Å². The van der Waals surface area contributed by atoms with Gasteiger partial charge in [-0.1, -0.05) is 44.2 Å². The number of fused-ring (bicyclic) bond motifs is 1. The predicted molar refractivity (Wildman–Crippen MR) is 110 cm³/mol. The van der Waals surface area contributed by atoms with Crippen molar-refractivity contribution in [3.63, 3.8) is 0 Å². The molecule has 1 aliphatic heterocycles. The minimum atomic E-state index is -0.408. The van der Waals surface area contributed by atoms with Crippen LogP contribution in [-0.4, -0.2) is 28.3 Å². The summed E-state index contributed by atoms with van der Waals surface area (Å²) in [5, 5.41) is 1.11. The number of hydrogen-bond acceptors (Lipinski definition) is 3. The molecule has 0 spiro atoms. The van der Waals surface area contributed by atoms with E-state index < -0.39 is 7.12 Å². The van der Waals surface area contributed by atoms with Crippen molar-refractivity contribution < 1.29 is 9.31 Å². The SMILES string of the molecule is CC(C)(c1ccccc1)c1c[nH]c2ncc(B3OC(C)(C)C(C)(C)O3)cc12. The molecule has 1 fully saturated rings. The molecule has 4 nitrogen and oxygen atoms in total. The Bertz CT molecular complexity index is 960. The second kappa shape index (κ2) is 5.95. The first kappa shape index (κ1) is 18.3. The van der Waals surface area contributed by atoms with Crippen molar-refractivity contribution in [1.82, 2.24) is 9.97 Å². The van der Waals surface area contributed by atoms with Crippen LogP contribution in [0, 0.1) is 0 Å². The average molecular weight is 362 g/mol. The van der Waals surface area contributed by atoms with E-state index in [4.69, 9.17) is 9.31 Å². The number of hydrogen-bond donors (Lipinski definition) is 1. The maximum Gasteiger partial charge on any atom is 0.496 e. The van der Waals surface area contributed by atoms with Gasteiger partial charge in [0.05, 0.1) is 11.2 Å². The highest BCUT2D eigenvalue weighted by Crippen LogP contribution is 2.38. The fourth-order valence-corrected chi connectivity index (χ4v) is 3.65. The zero-order chi connectivity index (χ0) is 19.4. The molecule has 0 saturated carbocycles. The topological polar surface area (TPSA) is 47.1 Å². The lowest BCUT2D eigenvalue weighted by Gasteiger charge is -2.32. The number of aromatic amines is 1. The van der Waals surface area contributed by atoms with Crippen LogP contribution >= 0.6 is 0 Å². The van der Waals surface area contributed by atoms with Gasteiger partial charge < -0.3 is 14.3 Å². The maximum atomic E-state index is 6.21. The van der Waals surface area contributed by atoms with E-state index in [9.17, 15) is 0 Å². The summed E-state index contributed by atoms with van der Waals surface area (Å²) in [4.78, 5) is 7.96. The molecular formula is C22H27BN2O2. The molecular weight excluding hydrogens is 335 g/mol. The Morgan fingerprint density at radius 2 is 1.63 bits per heavy atom. The molecule has 3 aromatic rings. The quantitative estimate of drug-likeness (QED) is 0.711. The van der Waals surface area contributed by atoms with Crippen LogP contribution in [0.3, 0.4) is 0 Å². The molecule has 0 atom stereocenters. The Labute approximate surface area is 161 Å². The van der Waals surface area contributed by atoms with Gasteiger partial charge in [-0.05, 0) is 44.9 Å². The van der Waals surface area contributed by atoms with Gasteiger partial charge in [0.1, 0.15) is 5.65 Å². The van der Waals surface area contributed by atoms with Crippen LogP contribution in [0.25, 0.3) is 11.0 Å². The highest BCUT2D eigenvalue weighted by Gasteiger charge is 2.51. The molecule has 0 bridgehead atoms. The third-order valence-corrected chi connectivity index (χ3v) is 6.25. The highest BCUT2D eigenvalue weighted by atomic mass is 16.7. The van der Waals surface area contributed by atoms with E-state index in [1.54, 1.807) is 0 Å². The van der Waals surface area contributed by atoms with Crippen molar-refractivity contribution in [2.75, 3.05) is 0 Å². The highest BCUT2D eigenvalue weighted by molar-refractivity contribution is 6.62. The normalized spacial score (nSPS) is 19.0. The van der Waals surface area contributed by atoms with Crippen LogP contribution in [0.15, 0.2) is 48.8 Å². The summed E-state index contributed by atoms with van der Waals surface area (Å²) in [6, 6.07) is 12.7. The van der Waals surface area contributed by atoms with Crippen molar-refractivity contribution in [2.45, 2.75) is 58.2 Å². The Balaban J connectivity index is 1.77. The first-order valence-electron chi connectivity index (χ1n) is 9.50. The number of aromatic nitrogens is 2. The monoisotopic (exact) mass is 362 g/mol. The number of nitrogens with zero attached hydrogens (tertiary/aromatic N) is 1. The molecule has 27 heavy (non-hydrogen) atoms. The van der Waals surface area contributed by atoms with Crippen LogP contribution in [0.1, 0.15) is 52.7 Å². The van der Waals surface area contributed by atoms with E-state index in [-0.39, 0.29) is 16.6 Å². The van der Waals surface area contributed by atoms with E-state index in [1.807, 2.05) is 12.3 Å². The van der Waals surface area contributed by atoms with Crippen LogP contribution < -0.4 is 5.46 Å². The Hall–Kier alpha value is -2.11. The number of pyridine rings is 1. The molecule has 0 radical (unpaired) electrons. The van der Waals surface area contributed by atoms with Gasteiger partial charge in [-0.2, -0.15) is 0 Å². The molecule has 3 heterocycles.